The van der Waals surface area contributed by atoms with E-state index >= 15 is 0 Å². The first kappa shape index (κ1) is 19.7. The van der Waals surface area contributed by atoms with Crippen LogP contribution in [0.1, 0.15) is 48.2 Å². The van der Waals surface area contributed by atoms with E-state index in [-0.39, 0.29) is 5.56 Å². The average Bonchev–Trinajstić information content (AvgIpc) is 2.87. The highest BCUT2D eigenvalue weighted by Gasteiger charge is 2.50. The Morgan fingerprint density at radius 3 is 2.36 bits per heavy atom. The van der Waals surface area contributed by atoms with E-state index in [4.69, 9.17) is 0 Å². The molecule has 1 aliphatic heterocycles. The van der Waals surface area contributed by atoms with E-state index in [9.17, 15) is 23.2 Å². The Morgan fingerprint density at radius 2 is 1.75 bits per heavy atom. The molecule has 0 radical (unpaired) electrons. The number of carbonyl (C=O) groups excluding carboxylic acids is 3. The molecule has 1 saturated heterocycles. The third-order valence-corrected chi connectivity index (χ3v) is 4.94. The number of nitrogens with zero attached hydrogens (tertiary/aromatic N) is 1. The van der Waals surface area contributed by atoms with Crippen LogP contribution in [0.4, 0.5) is 13.6 Å². The van der Waals surface area contributed by atoms with Crippen molar-refractivity contribution >= 4 is 17.7 Å². The molecule has 28 heavy (non-hydrogen) atoms. The smallest absolute Gasteiger partial charge is 0.319 e. The summed E-state index contributed by atoms with van der Waals surface area (Å²) in [5.41, 5.74) is -0.663. The van der Waals surface area contributed by atoms with Crippen LogP contribution in [0, 0.1) is 11.6 Å². The number of amides is 3. The number of Topliss-reactive ketones (excluding diaryl/α,β-unsaturated/α-hetero) is 1. The van der Waals surface area contributed by atoms with E-state index < -0.39 is 41.4 Å². The molecule has 0 aliphatic carbocycles. The monoisotopic (exact) mass is 386 g/mol. The van der Waals surface area contributed by atoms with E-state index in [0.29, 0.717) is 11.5 Å². The Kier molecular flexibility index (Phi) is 5.02. The van der Waals surface area contributed by atoms with Crippen molar-refractivity contribution in [3.8, 4) is 0 Å². The summed E-state index contributed by atoms with van der Waals surface area (Å²) < 4.78 is 27.7. The van der Waals surface area contributed by atoms with Crippen LogP contribution in [0.2, 0.25) is 0 Å². The highest BCUT2D eigenvalue weighted by atomic mass is 19.1. The van der Waals surface area contributed by atoms with Crippen LogP contribution in [-0.4, -0.2) is 29.2 Å². The first-order chi connectivity index (χ1) is 13.1. The molecule has 5 nitrogen and oxygen atoms in total. The minimum atomic E-state index is -1.79. The number of benzene rings is 2. The van der Waals surface area contributed by atoms with Crippen molar-refractivity contribution in [2.45, 2.75) is 32.2 Å². The summed E-state index contributed by atoms with van der Waals surface area (Å²) in [4.78, 5) is 38.4. The van der Waals surface area contributed by atoms with Crippen molar-refractivity contribution in [1.29, 1.82) is 0 Å². The van der Waals surface area contributed by atoms with Crippen LogP contribution < -0.4 is 5.32 Å². The van der Waals surface area contributed by atoms with Gasteiger partial charge in [-0.05, 0) is 36.6 Å². The van der Waals surface area contributed by atoms with Crippen LogP contribution in [-0.2, 0) is 10.3 Å². The molecule has 1 atom stereocenters. The molecule has 0 saturated carbocycles. The van der Waals surface area contributed by atoms with Gasteiger partial charge in [0.25, 0.3) is 5.91 Å². The first-order valence-corrected chi connectivity index (χ1v) is 8.86. The Morgan fingerprint density at radius 1 is 1.11 bits per heavy atom. The molecule has 0 unspecified atom stereocenters. The van der Waals surface area contributed by atoms with Crippen molar-refractivity contribution in [2.75, 3.05) is 6.54 Å². The highest BCUT2D eigenvalue weighted by molar-refractivity contribution is 6.11. The van der Waals surface area contributed by atoms with Crippen molar-refractivity contribution < 1.29 is 23.2 Å². The molecule has 146 valence electrons. The van der Waals surface area contributed by atoms with Crippen LogP contribution in [0.5, 0.6) is 0 Å². The van der Waals surface area contributed by atoms with Gasteiger partial charge in [-0.25, -0.2) is 13.6 Å². The van der Waals surface area contributed by atoms with Crippen molar-refractivity contribution in [1.82, 2.24) is 10.2 Å². The minimum absolute atomic E-state index is 0.290. The van der Waals surface area contributed by atoms with Gasteiger partial charge in [-0.15, -0.1) is 0 Å². The third-order valence-electron chi connectivity index (χ3n) is 4.94. The maximum Gasteiger partial charge on any atom is 0.325 e. The van der Waals surface area contributed by atoms with Crippen LogP contribution >= 0.6 is 0 Å². The fourth-order valence-electron chi connectivity index (χ4n) is 3.19. The van der Waals surface area contributed by atoms with E-state index in [1.54, 1.807) is 12.1 Å². The summed E-state index contributed by atoms with van der Waals surface area (Å²) >= 11 is 0. The lowest BCUT2D eigenvalue weighted by atomic mass is 9.91. The Labute approximate surface area is 161 Å². The molecule has 3 rings (SSSR count). The minimum Gasteiger partial charge on any atom is -0.319 e. The number of urea groups is 1. The Hall–Kier alpha value is -3.09. The van der Waals surface area contributed by atoms with Crippen LogP contribution in [0.25, 0.3) is 0 Å². The summed E-state index contributed by atoms with van der Waals surface area (Å²) in [5, 5.41) is 2.37. The quantitative estimate of drug-likeness (QED) is 0.629. The topological polar surface area (TPSA) is 66.5 Å². The summed E-state index contributed by atoms with van der Waals surface area (Å²) in [6.45, 7) is 4.85. The van der Waals surface area contributed by atoms with Gasteiger partial charge in [0.1, 0.15) is 17.2 Å². The molecule has 1 fully saturated rings. The van der Waals surface area contributed by atoms with Gasteiger partial charge in [-0.1, -0.05) is 38.1 Å². The molecule has 1 N–H and O–H groups in total. The predicted molar refractivity (Wildman–Crippen MR) is 98.8 cm³/mol. The van der Waals surface area contributed by atoms with E-state index in [1.807, 2.05) is 26.0 Å². The summed E-state index contributed by atoms with van der Waals surface area (Å²) in [6, 6.07) is 8.76. The predicted octanol–water partition coefficient (Wildman–Crippen LogP) is 3.74. The van der Waals surface area contributed by atoms with E-state index in [2.05, 4.69) is 5.32 Å². The standard InChI is InChI=1S/C21H20F2N2O3/c1-12(2)13-4-6-14(7-5-13)18(26)11-25-19(27)21(3,24-20(25)28)16-10-15(22)8-9-17(16)23/h4-10,12H,11H2,1-3H3,(H,24,28)/t21-/m1/s1. The first-order valence-electron chi connectivity index (χ1n) is 8.86. The summed E-state index contributed by atoms with van der Waals surface area (Å²) in [6.07, 6.45) is 0. The molecule has 1 heterocycles. The van der Waals surface area contributed by atoms with E-state index in [1.165, 1.54) is 6.92 Å². The molecule has 0 bridgehead atoms. The van der Waals surface area contributed by atoms with Crippen molar-refractivity contribution in [3.05, 3.63) is 70.8 Å². The van der Waals surface area contributed by atoms with Crippen LogP contribution in [0.15, 0.2) is 42.5 Å². The number of carbonyl (C=O) groups is 3. The normalized spacial score (nSPS) is 19.3. The zero-order valence-corrected chi connectivity index (χ0v) is 15.8. The van der Waals surface area contributed by atoms with Crippen molar-refractivity contribution in [2.24, 2.45) is 0 Å². The number of nitrogens with one attached hydrogen (secondary N) is 1. The number of rotatable bonds is 5. The molecule has 0 aromatic heterocycles. The second-order valence-corrected chi connectivity index (χ2v) is 7.27. The second-order valence-electron chi connectivity index (χ2n) is 7.27. The molecule has 1 aliphatic rings. The molecular weight excluding hydrogens is 366 g/mol. The van der Waals surface area contributed by atoms with Gasteiger partial charge in [-0.3, -0.25) is 14.5 Å². The largest absolute Gasteiger partial charge is 0.325 e. The molecule has 3 amide bonds. The number of hydrogen-bond acceptors (Lipinski definition) is 3. The molecule has 2 aromatic rings. The lowest BCUT2D eigenvalue weighted by molar-refractivity contribution is -0.130. The number of ketones is 1. The zero-order valence-electron chi connectivity index (χ0n) is 15.8. The Balaban J connectivity index is 1.84. The number of hydrogen-bond donors (Lipinski definition) is 1. The molecule has 2 aromatic carbocycles. The van der Waals surface area contributed by atoms with Crippen LogP contribution in [0.3, 0.4) is 0 Å². The highest BCUT2D eigenvalue weighted by Crippen LogP contribution is 2.31. The fourth-order valence-corrected chi connectivity index (χ4v) is 3.19. The van der Waals surface area contributed by atoms with Gasteiger partial charge >= 0.3 is 6.03 Å². The van der Waals surface area contributed by atoms with Crippen molar-refractivity contribution in [3.63, 3.8) is 0 Å². The number of imide groups is 1. The van der Waals surface area contributed by atoms with Gasteiger partial charge in [0, 0.05) is 11.1 Å². The average molecular weight is 386 g/mol. The fraction of sp³-hybridized carbons (Fsp3) is 0.286. The SMILES string of the molecule is CC(C)c1ccc(C(=O)CN2C(=O)N[C@](C)(c3cc(F)ccc3F)C2=O)cc1. The van der Waals surface area contributed by atoms with Gasteiger partial charge in [0.05, 0.1) is 6.54 Å². The van der Waals surface area contributed by atoms with Gasteiger partial charge in [0.2, 0.25) is 0 Å². The second kappa shape index (κ2) is 7.14. The summed E-state index contributed by atoms with van der Waals surface area (Å²) in [5.74, 6) is -2.50. The molecule has 7 heteroatoms. The van der Waals surface area contributed by atoms with E-state index in [0.717, 1.165) is 28.7 Å². The molecule has 0 spiro atoms. The van der Waals surface area contributed by atoms with Gasteiger partial charge < -0.3 is 5.32 Å². The number of halogens is 2. The van der Waals surface area contributed by atoms with Gasteiger partial charge in [-0.2, -0.15) is 0 Å². The third kappa shape index (κ3) is 3.40. The Bertz CT molecular complexity index is 957. The lowest BCUT2D eigenvalue weighted by Crippen LogP contribution is -2.42. The lowest BCUT2D eigenvalue weighted by Gasteiger charge is -2.22. The maximum absolute atomic E-state index is 14.2. The molecular formula is C21H20F2N2O3. The maximum atomic E-state index is 14.2. The summed E-state index contributed by atoms with van der Waals surface area (Å²) in [7, 11) is 0. The van der Waals surface area contributed by atoms with Gasteiger partial charge in [0.15, 0.2) is 5.78 Å². The zero-order chi connectivity index (χ0) is 20.6.